The minimum absolute atomic E-state index is 0.118. The van der Waals surface area contributed by atoms with Gasteiger partial charge in [-0.15, -0.1) is 0 Å². The van der Waals surface area contributed by atoms with E-state index in [4.69, 9.17) is 0 Å². The van der Waals surface area contributed by atoms with E-state index in [1.807, 2.05) is 49.1 Å². The second kappa shape index (κ2) is 7.56. The third-order valence-corrected chi connectivity index (χ3v) is 4.85. The molecule has 1 aromatic carbocycles. The molecule has 6 nitrogen and oxygen atoms in total. The number of nitrogens with zero attached hydrogens (tertiary/aromatic N) is 3. The van der Waals surface area contributed by atoms with Crippen molar-refractivity contribution in [2.24, 2.45) is 0 Å². The van der Waals surface area contributed by atoms with Gasteiger partial charge < -0.3 is 15.1 Å². The van der Waals surface area contributed by atoms with Crippen molar-refractivity contribution < 1.29 is 9.59 Å². The summed E-state index contributed by atoms with van der Waals surface area (Å²) in [5.41, 5.74) is 3.87. The number of amides is 2. The van der Waals surface area contributed by atoms with Crippen LogP contribution >= 0.6 is 0 Å². The fraction of sp³-hybridized carbons (Fsp3) is 0.350. The molecular weight excluding hydrogens is 328 g/mol. The van der Waals surface area contributed by atoms with Crippen molar-refractivity contribution in [3.05, 3.63) is 53.2 Å². The van der Waals surface area contributed by atoms with Crippen molar-refractivity contribution in [2.45, 2.75) is 20.8 Å². The van der Waals surface area contributed by atoms with Gasteiger partial charge in [0.2, 0.25) is 5.91 Å². The van der Waals surface area contributed by atoms with Gasteiger partial charge in [-0.25, -0.2) is 4.98 Å². The monoisotopic (exact) mass is 352 g/mol. The summed E-state index contributed by atoms with van der Waals surface area (Å²) < 4.78 is 0. The maximum atomic E-state index is 12.4. The first-order valence-electron chi connectivity index (χ1n) is 8.79. The van der Waals surface area contributed by atoms with E-state index in [0.717, 1.165) is 43.0 Å². The minimum Gasteiger partial charge on any atom is -0.367 e. The molecule has 1 aliphatic heterocycles. The van der Waals surface area contributed by atoms with Gasteiger partial charge in [-0.2, -0.15) is 0 Å². The van der Waals surface area contributed by atoms with Crippen LogP contribution in [0.3, 0.4) is 0 Å². The summed E-state index contributed by atoms with van der Waals surface area (Å²) in [5.74, 6) is 0.481. The Kier molecular flexibility index (Phi) is 5.21. The van der Waals surface area contributed by atoms with Gasteiger partial charge in [-0.1, -0.05) is 6.07 Å². The number of carbonyl (C=O) groups excluding carboxylic acids is 2. The summed E-state index contributed by atoms with van der Waals surface area (Å²) >= 11 is 0. The summed E-state index contributed by atoms with van der Waals surface area (Å²) in [4.78, 5) is 32.2. The van der Waals surface area contributed by atoms with E-state index in [0.29, 0.717) is 11.4 Å². The molecule has 0 unspecified atom stereocenters. The van der Waals surface area contributed by atoms with Crippen molar-refractivity contribution in [3.8, 4) is 0 Å². The minimum atomic E-state index is -0.163. The lowest BCUT2D eigenvalue weighted by atomic mass is 10.1. The molecule has 3 rings (SSSR count). The van der Waals surface area contributed by atoms with Crippen LogP contribution in [0.4, 0.5) is 11.5 Å². The molecule has 0 aliphatic carbocycles. The van der Waals surface area contributed by atoms with Crippen molar-refractivity contribution in [2.75, 3.05) is 36.4 Å². The first-order chi connectivity index (χ1) is 12.4. The van der Waals surface area contributed by atoms with Crippen LogP contribution in [-0.4, -0.2) is 47.9 Å². The van der Waals surface area contributed by atoms with Crippen LogP contribution in [0, 0.1) is 13.8 Å². The molecule has 1 saturated heterocycles. The van der Waals surface area contributed by atoms with Crippen LogP contribution in [-0.2, 0) is 4.79 Å². The summed E-state index contributed by atoms with van der Waals surface area (Å²) in [5, 5.41) is 2.84. The smallest absolute Gasteiger partial charge is 0.256 e. The van der Waals surface area contributed by atoms with E-state index in [9.17, 15) is 9.59 Å². The first kappa shape index (κ1) is 17.9. The Morgan fingerprint density at radius 1 is 1.00 bits per heavy atom. The lowest BCUT2D eigenvalue weighted by Crippen LogP contribution is -2.48. The normalized spacial score (nSPS) is 14.3. The number of benzene rings is 1. The zero-order valence-electron chi connectivity index (χ0n) is 15.5. The standard InChI is InChI=1S/C20H24N4O2/c1-14-4-5-17(12-15(14)2)20(26)22-19-7-6-18(13-21-19)24-10-8-23(9-11-24)16(3)25/h4-7,12-13H,8-11H2,1-3H3,(H,21,22,26). The number of rotatable bonds is 3. The molecule has 0 radical (unpaired) electrons. The average molecular weight is 352 g/mol. The largest absolute Gasteiger partial charge is 0.367 e. The van der Waals surface area contributed by atoms with E-state index >= 15 is 0 Å². The molecule has 1 N–H and O–H groups in total. The van der Waals surface area contributed by atoms with Gasteiger partial charge in [-0.05, 0) is 49.2 Å². The third-order valence-electron chi connectivity index (χ3n) is 4.85. The zero-order valence-corrected chi connectivity index (χ0v) is 15.5. The molecule has 2 heterocycles. The number of piperazine rings is 1. The van der Waals surface area contributed by atoms with E-state index in [2.05, 4.69) is 15.2 Å². The molecule has 0 bridgehead atoms. The zero-order chi connectivity index (χ0) is 18.7. The number of nitrogens with one attached hydrogen (secondary N) is 1. The molecule has 6 heteroatoms. The molecule has 0 spiro atoms. The van der Waals surface area contributed by atoms with E-state index < -0.39 is 0 Å². The predicted octanol–water partition coefficient (Wildman–Crippen LogP) is 2.62. The van der Waals surface area contributed by atoms with Crippen molar-refractivity contribution >= 4 is 23.3 Å². The topological polar surface area (TPSA) is 65.5 Å². The van der Waals surface area contributed by atoms with E-state index in [-0.39, 0.29) is 11.8 Å². The van der Waals surface area contributed by atoms with Gasteiger partial charge in [0, 0.05) is 38.7 Å². The Balaban J connectivity index is 1.62. The molecule has 136 valence electrons. The predicted molar refractivity (Wildman–Crippen MR) is 103 cm³/mol. The summed E-state index contributed by atoms with van der Waals surface area (Å²) in [6.45, 7) is 8.63. The lowest BCUT2D eigenvalue weighted by Gasteiger charge is -2.35. The van der Waals surface area contributed by atoms with Crippen LogP contribution in [0.25, 0.3) is 0 Å². The fourth-order valence-corrected chi connectivity index (χ4v) is 3.00. The lowest BCUT2D eigenvalue weighted by molar-refractivity contribution is -0.129. The summed E-state index contributed by atoms with van der Waals surface area (Å²) in [6, 6.07) is 9.41. The van der Waals surface area contributed by atoms with Gasteiger partial charge in [0.25, 0.3) is 5.91 Å². The van der Waals surface area contributed by atoms with Crippen LogP contribution in [0.1, 0.15) is 28.4 Å². The number of aryl methyl sites for hydroxylation is 2. The number of hydrogen-bond donors (Lipinski definition) is 1. The highest BCUT2D eigenvalue weighted by Crippen LogP contribution is 2.18. The van der Waals surface area contributed by atoms with Crippen LogP contribution < -0.4 is 10.2 Å². The van der Waals surface area contributed by atoms with Crippen molar-refractivity contribution in [3.63, 3.8) is 0 Å². The van der Waals surface area contributed by atoms with Crippen LogP contribution in [0.5, 0.6) is 0 Å². The highest BCUT2D eigenvalue weighted by molar-refractivity contribution is 6.03. The summed E-state index contributed by atoms with van der Waals surface area (Å²) in [6.07, 6.45) is 1.76. The molecule has 0 saturated carbocycles. The Hall–Kier alpha value is -2.89. The van der Waals surface area contributed by atoms with Gasteiger partial charge >= 0.3 is 0 Å². The van der Waals surface area contributed by atoms with Crippen LogP contribution in [0.15, 0.2) is 36.5 Å². The van der Waals surface area contributed by atoms with Gasteiger partial charge in [0.05, 0.1) is 11.9 Å². The Morgan fingerprint density at radius 3 is 2.31 bits per heavy atom. The molecule has 2 aromatic rings. The Morgan fingerprint density at radius 2 is 1.73 bits per heavy atom. The quantitative estimate of drug-likeness (QED) is 0.922. The SMILES string of the molecule is CC(=O)N1CCN(c2ccc(NC(=O)c3ccc(C)c(C)c3)nc2)CC1. The fourth-order valence-electron chi connectivity index (χ4n) is 3.00. The maximum Gasteiger partial charge on any atom is 0.256 e. The molecule has 2 amide bonds. The number of aromatic nitrogens is 1. The number of hydrogen-bond acceptors (Lipinski definition) is 4. The van der Waals surface area contributed by atoms with Gasteiger partial charge in [0.1, 0.15) is 5.82 Å². The van der Waals surface area contributed by atoms with Crippen molar-refractivity contribution in [1.29, 1.82) is 0 Å². The number of carbonyl (C=O) groups is 2. The highest BCUT2D eigenvalue weighted by atomic mass is 16.2. The van der Waals surface area contributed by atoms with E-state index in [1.165, 1.54) is 0 Å². The molecule has 1 aliphatic rings. The van der Waals surface area contributed by atoms with Gasteiger partial charge in [-0.3, -0.25) is 9.59 Å². The Bertz CT molecular complexity index is 809. The van der Waals surface area contributed by atoms with Gasteiger partial charge in [0.15, 0.2) is 0 Å². The third kappa shape index (κ3) is 4.02. The molecule has 26 heavy (non-hydrogen) atoms. The number of anilines is 2. The summed E-state index contributed by atoms with van der Waals surface area (Å²) in [7, 11) is 0. The average Bonchev–Trinajstić information content (AvgIpc) is 2.64. The molecule has 1 aromatic heterocycles. The van der Waals surface area contributed by atoms with E-state index in [1.54, 1.807) is 13.1 Å². The highest BCUT2D eigenvalue weighted by Gasteiger charge is 2.19. The van der Waals surface area contributed by atoms with Crippen molar-refractivity contribution in [1.82, 2.24) is 9.88 Å². The second-order valence-corrected chi connectivity index (χ2v) is 6.65. The Labute approximate surface area is 153 Å². The molecule has 1 fully saturated rings. The number of pyridine rings is 1. The molecular formula is C20H24N4O2. The first-order valence-corrected chi connectivity index (χ1v) is 8.79. The maximum absolute atomic E-state index is 12.4. The molecule has 0 atom stereocenters. The second-order valence-electron chi connectivity index (χ2n) is 6.65. The van der Waals surface area contributed by atoms with Crippen LogP contribution in [0.2, 0.25) is 0 Å².